The molecule has 3 heterocycles. The molecule has 5 nitrogen and oxygen atoms in total. The van der Waals surface area contributed by atoms with Gasteiger partial charge in [0.2, 0.25) is 5.91 Å². The molecule has 4 rings (SSSR count). The maximum Gasteiger partial charge on any atom is 0.263 e. The van der Waals surface area contributed by atoms with Crippen LogP contribution in [-0.2, 0) is 11.2 Å². The summed E-state index contributed by atoms with van der Waals surface area (Å²) in [6.45, 7) is 1.33. The van der Waals surface area contributed by atoms with E-state index in [2.05, 4.69) is 4.98 Å². The zero-order valence-corrected chi connectivity index (χ0v) is 18.6. The molecule has 31 heavy (non-hydrogen) atoms. The number of hydrogen-bond donors (Lipinski definition) is 0. The van der Waals surface area contributed by atoms with Crippen molar-refractivity contribution in [3.05, 3.63) is 64.4 Å². The lowest BCUT2D eigenvalue weighted by Gasteiger charge is -2.18. The standard InChI is InChI=1S/C24H26FN3O2S/c1-27(2)24(30)22-21(19-6-4-13-26-23(19)31-22)17-12-14-28(15-17)20(29)7-3-5-16-8-10-18(25)11-9-16/h4,6,8-11,13,17H,3,5,7,12,14-15H2,1-2H3. The summed E-state index contributed by atoms with van der Waals surface area (Å²) in [7, 11) is 3.52. The molecule has 0 aliphatic carbocycles. The average molecular weight is 440 g/mol. The van der Waals surface area contributed by atoms with Crippen molar-refractivity contribution in [3.8, 4) is 0 Å². The number of amides is 2. The number of aromatic nitrogens is 1. The van der Waals surface area contributed by atoms with Gasteiger partial charge in [0, 0.05) is 51.1 Å². The molecule has 3 aromatic rings. The SMILES string of the molecule is CN(C)C(=O)c1sc2ncccc2c1C1CCN(C(=O)CCCc2ccc(F)cc2)C1. The van der Waals surface area contributed by atoms with E-state index < -0.39 is 0 Å². The van der Waals surface area contributed by atoms with Gasteiger partial charge < -0.3 is 9.80 Å². The predicted octanol–water partition coefficient (Wildman–Crippen LogP) is 4.48. The number of pyridine rings is 1. The van der Waals surface area contributed by atoms with Crippen LogP contribution in [0.3, 0.4) is 0 Å². The normalized spacial score (nSPS) is 16.1. The van der Waals surface area contributed by atoms with Gasteiger partial charge in [-0.25, -0.2) is 9.37 Å². The number of carbonyl (C=O) groups excluding carboxylic acids is 2. The molecule has 1 aliphatic heterocycles. The number of aryl methyl sites for hydroxylation is 1. The van der Waals surface area contributed by atoms with E-state index in [1.165, 1.54) is 23.5 Å². The van der Waals surface area contributed by atoms with E-state index in [4.69, 9.17) is 0 Å². The van der Waals surface area contributed by atoms with Gasteiger partial charge in [-0.05, 0) is 48.6 Å². The number of nitrogens with zero attached hydrogens (tertiary/aromatic N) is 3. The quantitative estimate of drug-likeness (QED) is 0.569. The molecule has 0 spiro atoms. The average Bonchev–Trinajstić information content (AvgIpc) is 3.39. The van der Waals surface area contributed by atoms with Crippen LogP contribution in [0.4, 0.5) is 4.39 Å². The summed E-state index contributed by atoms with van der Waals surface area (Å²) in [4.78, 5) is 35.1. The first kappa shape index (κ1) is 21.4. The Morgan fingerprint density at radius 3 is 2.74 bits per heavy atom. The van der Waals surface area contributed by atoms with Gasteiger partial charge in [-0.3, -0.25) is 9.59 Å². The van der Waals surface area contributed by atoms with Crippen LogP contribution in [-0.4, -0.2) is 53.8 Å². The van der Waals surface area contributed by atoms with Crippen LogP contribution in [0.25, 0.3) is 10.2 Å². The maximum atomic E-state index is 13.0. The third-order valence-electron chi connectivity index (χ3n) is 5.82. The number of halogens is 1. The zero-order valence-electron chi connectivity index (χ0n) is 17.8. The summed E-state index contributed by atoms with van der Waals surface area (Å²) in [6, 6.07) is 10.4. The third kappa shape index (κ3) is 4.61. The minimum absolute atomic E-state index is 0.0120. The van der Waals surface area contributed by atoms with Gasteiger partial charge in [0.05, 0.1) is 4.88 Å². The smallest absolute Gasteiger partial charge is 0.263 e. The molecular formula is C24H26FN3O2S. The molecule has 7 heteroatoms. The second kappa shape index (κ2) is 9.14. The van der Waals surface area contributed by atoms with E-state index in [9.17, 15) is 14.0 Å². The fourth-order valence-corrected chi connectivity index (χ4v) is 5.45. The first-order valence-electron chi connectivity index (χ1n) is 10.6. The fraction of sp³-hybridized carbons (Fsp3) is 0.375. The van der Waals surface area contributed by atoms with Crippen LogP contribution in [0, 0.1) is 5.82 Å². The van der Waals surface area contributed by atoms with Crippen LogP contribution in [0.5, 0.6) is 0 Å². The number of hydrogen-bond acceptors (Lipinski definition) is 4. The monoisotopic (exact) mass is 439 g/mol. The molecule has 1 unspecified atom stereocenters. The molecule has 1 aromatic carbocycles. The van der Waals surface area contributed by atoms with E-state index in [-0.39, 0.29) is 23.5 Å². The van der Waals surface area contributed by atoms with E-state index in [0.717, 1.165) is 45.5 Å². The predicted molar refractivity (Wildman–Crippen MR) is 121 cm³/mol. The summed E-state index contributed by atoms with van der Waals surface area (Å²) < 4.78 is 13.0. The van der Waals surface area contributed by atoms with Gasteiger partial charge in [-0.2, -0.15) is 0 Å². The van der Waals surface area contributed by atoms with Gasteiger partial charge in [-0.1, -0.05) is 18.2 Å². The van der Waals surface area contributed by atoms with E-state index >= 15 is 0 Å². The van der Waals surface area contributed by atoms with Gasteiger partial charge in [-0.15, -0.1) is 11.3 Å². The summed E-state index contributed by atoms with van der Waals surface area (Å²) >= 11 is 1.44. The highest BCUT2D eigenvalue weighted by Gasteiger charge is 2.33. The number of likely N-dealkylation sites (tertiary alicyclic amines) is 1. The Balaban J connectivity index is 1.44. The van der Waals surface area contributed by atoms with Gasteiger partial charge >= 0.3 is 0 Å². The summed E-state index contributed by atoms with van der Waals surface area (Å²) in [5, 5.41) is 1.02. The van der Waals surface area contributed by atoms with Gasteiger partial charge in [0.1, 0.15) is 10.6 Å². The van der Waals surface area contributed by atoms with Crippen LogP contribution in [0.1, 0.15) is 46.0 Å². The molecule has 1 atom stereocenters. The molecule has 0 bridgehead atoms. The van der Waals surface area contributed by atoms with E-state index in [0.29, 0.717) is 19.5 Å². The number of thiophene rings is 1. The van der Waals surface area contributed by atoms with Crippen LogP contribution in [0.2, 0.25) is 0 Å². The maximum absolute atomic E-state index is 13.0. The van der Waals surface area contributed by atoms with E-state index in [1.54, 1.807) is 37.3 Å². The summed E-state index contributed by atoms with van der Waals surface area (Å²) in [5.74, 6) is 0.0222. The molecule has 0 N–H and O–H groups in total. The number of carbonyl (C=O) groups is 2. The third-order valence-corrected chi connectivity index (χ3v) is 6.94. The van der Waals surface area contributed by atoms with Gasteiger partial charge in [0.15, 0.2) is 0 Å². The summed E-state index contributed by atoms with van der Waals surface area (Å²) in [5.41, 5.74) is 2.07. The molecule has 1 aliphatic rings. The fourth-order valence-electron chi connectivity index (χ4n) is 4.19. The molecule has 1 fully saturated rings. The Bertz CT molecular complexity index is 1090. The van der Waals surface area contributed by atoms with Gasteiger partial charge in [0.25, 0.3) is 5.91 Å². The van der Waals surface area contributed by atoms with Crippen LogP contribution in [0.15, 0.2) is 42.6 Å². The minimum atomic E-state index is -0.244. The molecule has 162 valence electrons. The number of benzene rings is 1. The second-order valence-corrected chi connectivity index (χ2v) is 9.20. The van der Waals surface area contributed by atoms with Crippen molar-refractivity contribution in [2.75, 3.05) is 27.2 Å². The molecule has 0 saturated carbocycles. The molecule has 2 aromatic heterocycles. The summed E-state index contributed by atoms with van der Waals surface area (Å²) in [6.07, 6.45) is 4.56. The topological polar surface area (TPSA) is 53.5 Å². The molecule has 2 amide bonds. The Morgan fingerprint density at radius 1 is 1.23 bits per heavy atom. The largest absolute Gasteiger partial charge is 0.344 e. The van der Waals surface area contributed by atoms with Crippen molar-refractivity contribution in [1.82, 2.24) is 14.8 Å². The lowest BCUT2D eigenvalue weighted by atomic mass is 9.95. The van der Waals surface area contributed by atoms with Crippen molar-refractivity contribution in [1.29, 1.82) is 0 Å². The lowest BCUT2D eigenvalue weighted by molar-refractivity contribution is -0.130. The van der Waals surface area contributed by atoms with E-state index in [1.807, 2.05) is 17.0 Å². The Kier molecular flexibility index (Phi) is 6.32. The van der Waals surface area contributed by atoms with Crippen molar-refractivity contribution in [2.24, 2.45) is 0 Å². The second-order valence-electron chi connectivity index (χ2n) is 8.21. The van der Waals surface area contributed by atoms with Crippen molar-refractivity contribution in [3.63, 3.8) is 0 Å². The Morgan fingerprint density at radius 2 is 2.00 bits per heavy atom. The van der Waals surface area contributed by atoms with Crippen molar-refractivity contribution in [2.45, 2.75) is 31.6 Å². The highest BCUT2D eigenvalue weighted by atomic mass is 32.1. The number of rotatable bonds is 6. The highest BCUT2D eigenvalue weighted by Crippen LogP contribution is 2.39. The lowest BCUT2D eigenvalue weighted by Crippen LogP contribution is -2.28. The highest BCUT2D eigenvalue weighted by molar-refractivity contribution is 7.20. The first-order chi connectivity index (χ1) is 14.9. The van der Waals surface area contributed by atoms with Crippen LogP contribution < -0.4 is 0 Å². The molecular weight excluding hydrogens is 413 g/mol. The van der Waals surface area contributed by atoms with Crippen molar-refractivity contribution >= 4 is 33.4 Å². The van der Waals surface area contributed by atoms with Crippen molar-refractivity contribution < 1.29 is 14.0 Å². The molecule has 0 radical (unpaired) electrons. The first-order valence-corrected chi connectivity index (χ1v) is 11.4. The molecule has 1 saturated heterocycles. The Hall–Kier alpha value is -2.80. The Labute approximate surface area is 185 Å². The minimum Gasteiger partial charge on any atom is -0.344 e. The number of fused-ring (bicyclic) bond motifs is 1. The zero-order chi connectivity index (χ0) is 22.0. The van der Waals surface area contributed by atoms with Crippen LogP contribution >= 0.6 is 11.3 Å².